The van der Waals surface area contributed by atoms with Crippen molar-refractivity contribution in [1.29, 1.82) is 0 Å². The molecule has 2 aromatic rings. The summed E-state index contributed by atoms with van der Waals surface area (Å²) in [5, 5.41) is 11.9. The van der Waals surface area contributed by atoms with Crippen molar-refractivity contribution >= 4 is 17.6 Å². The van der Waals surface area contributed by atoms with Gasteiger partial charge in [0.15, 0.2) is 6.10 Å². The third kappa shape index (κ3) is 3.91. The van der Waals surface area contributed by atoms with E-state index in [0.717, 1.165) is 5.56 Å². The molecule has 0 bridgehead atoms. The molecule has 0 spiro atoms. The Balaban J connectivity index is 2.28. The molecule has 0 saturated heterocycles. The van der Waals surface area contributed by atoms with Gasteiger partial charge < -0.3 is 19.9 Å². The van der Waals surface area contributed by atoms with Crippen molar-refractivity contribution in [2.24, 2.45) is 0 Å². The van der Waals surface area contributed by atoms with Gasteiger partial charge in [0.2, 0.25) is 0 Å². The van der Waals surface area contributed by atoms with E-state index in [1.165, 1.54) is 20.3 Å². The van der Waals surface area contributed by atoms with Crippen molar-refractivity contribution < 1.29 is 24.2 Å². The molecule has 2 N–H and O–H groups in total. The molecule has 2 rings (SSSR count). The van der Waals surface area contributed by atoms with Crippen molar-refractivity contribution in [2.45, 2.75) is 13.0 Å². The SMILES string of the molecule is COc1cccc(C(OC)C(=O)Nc2ccc(C)cc2C(=O)O)c1. The van der Waals surface area contributed by atoms with E-state index in [-0.39, 0.29) is 11.3 Å². The van der Waals surface area contributed by atoms with E-state index in [0.29, 0.717) is 11.3 Å². The summed E-state index contributed by atoms with van der Waals surface area (Å²) in [6.07, 6.45) is -0.886. The number of aryl methyl sites for hydroxylation is 1. The maximum Gasteiger partial charge on any atom is 0.337 e. The standard InChI is InChI=1S/C18H19NO5/c1-11-7-8-15(14(9-11)18(21)22)19-17(20)16(24-3)12-5-4-6-13(10-12)23-2/h4-10,16H,1-3H3,(H,19,20)(H,21,22). The van der Waals surface area contributed by atoms with E-state index in [2.05, 4.69) is 5.32 Å². The molecular formula is C18H19NO5. The lowest BCUT2D eigenvalue weighted by molar-refractivity contribution is -0.126. The number of hydrogen-bond donors (Lipinski definition) is 2. The molecule has 6 nitrogen and oxygen atoms in total. The number of methoxy groups -OCH3 is 2. The third-order valence-electron chi connectivity index (χ3n) is 3.53. The molecule has 1 amide bonds. The highest BCUT2D eigenvalue weighted by Crippen LogP contribution is 2.24. The van der Waals surface area contributed by atoms with Crippen LogP contribution in [0.1, 0.15) is 27.6 Å². The number of carboxylic acids is 1. The number of nitrogens with one attached hydrogen (secondary N) is 1. The molecule has 2 aromatic carbocycles. The predicted molar refractivity (Wildman–Crippen MR) is 89.5 cm³/mol. The number of carbonyl (C=O) groups is 2. The van der Waals surface area contributed by atoms with Crippen LogP contribution in [0, 0.1) is 6.92 Å². The second-order valence-corrected chi connectivity index (χ2v) is 5.24. The Morgan fingerprint density at radius 2 is 1.88 bits per heavy atom. The summed E-state index contributed by atoms with van der Waals surface area (Å²) in [4.78, 5) is 23.9. The summed E-state index contributed by atoms with van der Waals surface area (Å²) in [5.74, 6) is -0.967. The fourth-order valence-electron chi connectivity index (χ4n) is 2.34. The lowest BCUT2D eigenvalue weighted by Gasteiger charge is -2.17. The molecule has 0 heterocycles. The smallest absolute Gasteiger partial charge is 0.337 e. The van der Waals surface area contributed by atoms with Gasteiger partial charge in [-0.25, -0.2) is 4.79 Å². The molecule has 0 aliphatic heterocycles. The summed E-state index contributed by atoms with van der Waals surface area (Å²) < 4.78 is 10.4. The Kier molecular flexibility index (Phi) is 5.55. The highest BCUT2D eigenvalue weighted by atomic mass is 16.5. The van der Waals surface area contributed by atoms with Crippen molar-refractivity contribution in [3.05, 3.63) is 59.2 Å². The quantitative estimate of drug-likeness (QED) is 0.851. The van der Waals surface area contributed by atoms with E-state index in [1.807, 2.05) is 0 Å². The summed E-state index contributed by atoms with van der Waals surface area (Å²) >= 11 is 0. The van der Waals surface area contributed by atoms with Crippen LogP contribution >= 0.6 is 0 Å². The Bertz CT molecular complexity index is 757. The average Bonchev–Trinajstić information content (AvgIpc) is 2.57. The maximum atomic E-state index is 12.5. The minimum atomic E-state index is -1.11. The van der Waals surface area contributed by atoms with E-state index < -0.39 is 18.0 Å². The maximum absolute atomic E-state index is 12.5. The first-order valence-electron chi connectivity index (χ1n) is 7.27. The summed E-state index contributed by atoms with van der Waals surface area (Å²) in [5.41, 5.74) is 1.66. The number of hydrogen-bond acceptors (Lipinski definition) is 4. The van der Waals surface area contributed by atoms with Crippen LogP contribution in [0.4, 0.5) is 5.69 Å². The molecule has 0 saturated carbocycles. The van der Waals surface area contributed by atoms with Gasteiger partial charge in [-0.15, -0.1) is 0 Å². The van der Waals surface area contributed by atoms with Crippen LogP contribution in [0.3, 0.4) is 0 Å². The molecule has 0 aliphatic rings. The average molecular weight is 329 g/mol. The Labute approximate surface area is 140 Å². The van der Waals surface area contributed by atoms with Crippen LogP contribution < -0.4 is 10.1 Å². The first-order chi connectivity index (χ1) is 11.5. The summed E-state index contributed by atoms with van der Waals surface area (Å²) in [7, 11) is 2.95. The van der Waals surface area contributed by atoms with Gasteiger partial charge in [0.1, 0.15) is 5.75 Å². The van der Waals surface area contributed by atoms with Crippen LogP contribution in [0.15, 0.2) is 42.5 Å². The predicted octanol–water partition coefficient (Wildman–Crippen LogP) is 3.03. The van der Waals surface area contributed by atoms with E-state index in [9.17, 15) is 14.7 Å². The van der Waals surface area contributed by atoms with Gasteiger partial charge >= 0.3 is 5.97 Å². The Morgan fingerprint density at radius 3 is 2.50 bits per heavy atom. The Hall–Kier alpha value is -2.86. The van der Waals surface area contributed by atoms with Crippen LogP contribution in [0.5, 0.6) is 5.75 Å². The van der Waals surface area contributed by atoms with E-state index in [1.54, 1.807) is 43.3 Å². The third-order valence-corrected chi connectivity index (χ3v) is 3.53. The number of ether oxygens (including phenoxy) is 2. The van der Waals surface area contributed by atoms with Crippen LogP contribution in [0.25, 0.3) is 0 Å². The molecule has 24 heavy (non-hydrogen) atoms. The zero-order chi connectivity index (χ0) is 17.7. The molecule has 126 valence electrons. The van der Waals surface area contributed by atoms with Gasteiger partial charge in [0, 0.05) is 7.11 Å². The minimum absolute atomic E-state index is 0.0313. The van der Waals surface area contributed by atoms with Crippen molar-refractivity contribution in [3.63, 3.8) is 0 Å². The highest BCUT2D eigenvalue weighted by Gasteiger charge is 2.22. The first-order valence-corrected chi connectivity index (χ1v) is 7.27. The number of carboxylic acid groups (broad SMARTS) is 1. The van der Waals surface area contributed by atoms with Gasteiger partial charge in [0.05, 0.1) is 18.4 Å². The fraction of sp³-hybridized carbons (Fsp3) is 0.222. The summed E-state index contributed by atoms with van der Waals surface area (Å²) in [6.45, 7) is 1.78. The van der Waals surface area contributed by atoms with Gasteiger partial charge in [-0.1, -0.05) is 23.8 Å². The summed E-state index contributed by atoms with van der Waals surface area (Å²) in [6, 6.07) is 11.7. The molecule has 0 radical (unpaired) electrons. The monoisotopic (exact) mass is 329 g/mol. The number of carbonyl (C=O) groups excluding carboxylic acids is 1. The number of benzene rings is 2. The van der Waals surface area contributed by atoms with Crippen molar-refractivity contribution in [3.8, 4) is 5.75 Å². The molecular weight excluding hydrogens is 310 g/mol. The van der Waals surface area contributed by atoms with Gasteiger partial charge in [0.25, 0.3) is 5.91 Å². The van der Waals surface area contributed by atoms with Gasteiger partial charge in [-0.3, -0.25) is 4.79 Å². The van der Waals surface area contributed by atoms with Gasteiger partial charge in [-0.2, -0.15) is 0 Å². The second kappa shape index (κ2) is 7.61. The number of aromatic carboxylic acids is 1. The first kappa shape index (κ1) is 17.5. The van der Waals surface area contributed by atoms with Gasteiger partial charge in [-0.05, 0) is 36.8 Å². The lowest BCUT2D eigenvalue weighted by Crippen LogP contribution is -2.23. The van der Waals surface area contributed by atoms with Crippen LogP contribution in [-0.4, -0.2) is 31.2 Å². The zero-order valence-electron chi connectivity index (χ0n) is 13.7. The molecule has 0 fully saturated rings. The number of anilines is 1. The van der Waals surface area contributed by atoms with E-state index >= 15 is 0 Å². The minimum Gasteiger partial charge on any atom is -0.497 e. The van der Waals surface area contributed by atoms with Crippen LogP contribution in [0.2, 0.25) is 0 Å². The van der Waals surface area contributed by atoms with E-state index in [4.69, 9.17) is 9.47 Å². The molecule has 6 heteroatoms. The topological polar surface area (TPSA) is 84.9 Å². The molecule has 0 aromatic heterocycles. The van der Waals surface area contributed by atoms with Crippen molar-refractivity contribution in [2.75, 3.05) is 19.5 Å². The largest absolute Gasteiger partial charge is 0.497 e. The zero-order valence-corrected chi connectivity index (χ0v) is 13.7. The molecule has 0 aliphatic carbocycles. The highest BCUT2D eigenvalue weighted by molar-refractivity contribution is 6.02. The second-order valence-electron chi connectivity index (χ2n) is 5.24. The molecule has 1 atom stereocenters. The van der Waals surface area contributed by atoms with Crippen molar-refractivity contribution in [1.82, 2.24) is 0 Å². The lowest BCUT2D eigenvalue weighted by atomic mass is 10.1. The number of rotatable bonds is 6. The van der Waals surface area contributed by atoms with Crippen LogP contribution in [-0.2, 0) is 9.53 Å². The number of amides is 1. The fourth-order valence-corrected chi connectivity index (χ4v) is 2.34. The molecule has 1 unspecified atom stereocenters. The normalized spacial score (nSPS) is 11.6. The Morgan fingerprint density at radius 1 is 1.12 bits per heavy atom.